The first-order valence-electron chi connectivity index (χ1n) is 24.9. The lowest BCUT2D eigenvalue weighted by Crippen LogP contribution is -2.33. The number of allylic oxidation sites excluding steroid dienone is 4. The number of ether oxygens (including phenoxy) is 1. The molecule has 0 fully saturated rings. The molecule has 0 aliphatic rings. The zero-order valence-corrected chi connectivity index (χ0v) is 39.6. The van der Waals surface area contributed by atoms with Crippen molar-refractivity contribution in [2.75, 3.05) is 26.4 Å². The fourth-order valence-electron chi connectivity index (χ4n) is 7.22. The van der Waals surface area contributed by atoms with Gasteiger partial charge in [0.25, 0.3) is 0 Å². The summed E-state index contributed by atoms with van der Waals surface area (Å²) in [7, 11) is -4.71. The first-order chi connectivity index (χ1) is 29.6. The van der Waals surface area contributed by atoms with Crippen LogP contribution in [0.5, 0.6) is 0 Å². The highest BCUT2D eigenvalue weighted by Gasteiger charge is 2.29. The van der Waals surface area contributed by atoms with Gasteiger partial charge in [-0.25, -0.2) is 4.57 Å². The Balaban J connectivity index is 3.49. The van der Waals surface area contributed by atoms with Crippen molar-refractivity contribution in [2.45, 2.75) is 250 Å². The van der Waals surface area contributed by atoms with Crippen LogP contribution >= 0.6 is 7.82 Å². The molecule has 11 nitrogen and oxygen atoms in total. The molecule has 5 N–H and O–H groups in total. The van der Waals surface area contributed by atoms with Gasteiger partial charge in [0.1, 0.15) is 24.9 Å². The van der Waals surface area contributed by atoms with Crippen molar-refractivity contribution in [1.29, 1.82) is 0 Å². The summed E-state index contributed by atoms with van der Waals surface area (Å²) < 4.78 is 26.4. The van der Waals surface area contributed by atoms with Crippen LogP contribution in [0.3, 0.4) is 0 Å². The van der Waals surface area contributed by atoms with E-state index >= 15 is 0 Å². The van der Waals surface area contributed by atoms with Gasteiger partial charge < -0.3 is 30.1 Å². The summed E-state index contributed by atoms with van der Waals surface area (Å²) in [6.07, 6.45) is 46.2. The largest absolute Gasteiger partial charge is 0.472 e. The number of unbranched alkanes of at least 4 members (excludes halogenated alkanes) is 30. The lowest BCUT2D eigenvalue weighted by molar-refractivity contribution is -0.147. The number of carbonyl (C=O) groups is 2. The van der Waals surface area contributed by atoms with Crippen LogP contribution in [-0.2, 0) is 27.9 Å². The molecule has 0 aromatic rings. The second-order valence-electron chi connectivity index (χ2n) is 17.1. The summed E-state index contributed by atoms with van der Waals surface area (Å²) in [4.78, 5) is 33.9. The van der Waals surface area contributed by atoms with E-state index in [1.165, 1.54) is 161 Å². The van der Waals surface area contributed by atoms with Crippen LogP contribution in [-0.4, -0.2) is 81.8 Å². The van der Waals surface area contributed by atoms with Gasteiger partial charge in [-0.15, -0.1) is 0 Å². The van der Waals surface area contributed by atoms with Gasteiger partial charge in [0.2, 0.25) is 0 Å². The van der Waals surface area contributed by atoms with E-state index in [9.17, 15) is 34.4 Å². The fourth-order valence-corrected chi connectivity index (χ4v) is 8.13. The van der Waals surface area contributed by atoms with Crippen LogP contribution in [0, 0.1) is 0 Å². The van der Waals surface area contributed by atoms with Gasteiger partial charge in [-0.1, -0.05) is 199 Å². The van der Waals surface area contributed by atoms with Gasteiger partial charge in [0.05, 0.1) is 19.8 Å². The molecule has 0 rings (SSSR count). The number of rotatable bonds is 48. The van der Waals surface area contributed by atoms with E-state index in [4.69, 9.17) is 14.4 Å². The van der Waals surface area contributed by atoms with E-state index < -0.39 is 58.5 Å². The third-order valence-electron chi connectivity index (χ3n) is 11.2. The quantitative estimate of drug-likeness (QED) is 0.0129. The normalized spacial score (nSPS) is 14.5. The van der Waals surface area contributed by atoms with E-state index in [1.807, 2.05) is 6.08 Å². The molecule has 0 saturated carbocycles. The zero-order chi connectivity index (χ0) is 44.9. The van der Waals surface area contributed by atoms with Crippen LogP contribution in [0.4, 0.5) is 0 Å². The molecule has 61 heavy (non-hydrogen) atoms. The summed E-state index contributed by atoms with van der Waals surface area (Å²) >= 11 is 0. The molecule has 0 amide bonds. The first kappa shape index (κ1) is 59.6. The van der Waals surface area contributed by atoms with Crippen molar-refractivity contribution in [2.24, 2.45) is 0 Å². The Morgan fingerprint density at radius 1 is 0.508 bits per heavy atom. The van der Waals surface area contributed by atoms with Crippen LogP contribution in [0.15, 0.2) is 24.3 Å². The average Bonchev–Trinajstić information content (AvgIpc) is 3.25. The molecule has 0 heterocycles. The van der Waals surface area contributed by atoms with Crippen molar-refractivity contribution in [3.63, 3.8) is 0 Å². The van der Waals surface area contributed by atoms with Crippen molar-refractivity contribution in [3.8, 4) is 0 Å². The smallest absolute Gasteiger partial charge is 0.463 e. The number of carbonyl (C=O) groups excluding carboxylic acids is 2. The van der Waals surface area contributed by atoms with E-state index in [0.29, 0.717) is 12.8 Å². The predicted octanol–water partition coefficient (Wildman–Crippen LogP) is 12.1. The minimum atomic E-state index is -4.71. The number of hydrogen-bond donors (Lipinski definition) is 5. The summed E-state index contributed by atoms with van der Waals surface area (Å²) in [6.45, 7) is -0.404. The summed E-state index contributed by atoms with van der Waals surface area (Å²) in [5.41, 5.74) is 0. The standard InChI is InChI=1S/C49H93O11P/c1-2-3-4-5-6-7-8-9-10-11-12-13-14-15-17-20-23-26-29-32-35-38-45(52)39-36-33-30-27-24-21-18-16-19-22-25-28-31-34-37-40-49(55)58-43-46(41-50)60-61(56,57)59-44-48(54)47(53)42-51/h23,26,35,38,46-48,50-51,53-54H,2-22,24-25,27-34,36-37,39-44H2,1H3,(H,56,57)/b26-23-,38-35-/t46-,47+,48+/m0/s1. The highest BCUT2D eigenvalue weighted by atomic mass is 31.2. The number of ketones is 1. The average molecular weight is 889 g/mol. The predicted molar refractivity (Wildman–Crippen MR) is 248 cm³/mol. The molecule has 0 spiro atoms. The number of phosphoric ester groups is 1. The highest BCUT2D eigenvalue weighted by Crippen LogP contribution is 2.44. The lowest BCUT2D eigenvalue weighted by atomic mass is 10.0. The molecule has 12 heteroatoms. The van der Waals surface area contributed by atoms with Crippen LogP contribution in [0.1, 0.15) is 232 Å². The Morgan fingerprint density at radius 2 is 0.918 bits per heavy atom. The number of aliphatic hydroxyl groups excluding tert-OH is 4. The Hall–Kier alpha value is -1.43. The molecule has 0 saturated heterocycles. The molecular weight excluding hydrogens is 796 g/mol. The number of hydrogen-bond acceptors (Lipinski definition) is 10. The van der Waals surface area contributed by atoms with Gasteiger partial charge in [0.15, 0.2) is 5.78 Å². The molecule has 0 aromatic carbocycles. The van der Waals surface area contributed by atoms with E-state index in [-0.39, 0.29) is 12.2 Å². The van der Waals surface area contributed by atoms with Gasteiger partial charge in [-0.05, 0) is 44.6 Å². The number of phosphoric acid groups is 1. The second-order valence-corrected chi connectivity index (χ2v) is 18.5. The van der Waals surface area contributed by atoms with Gasteiger partial charge >= 0.3 is 13.8 Å². The Labute approximate surface area is 372 Å². The molecular formula is C49H93O11P. The minimum Gasteiger partial charge on any atom is -0.463 e. The van der Waals surface area contributed by atoms with Crippen LogP contribution < -0.4 is 0 Å². The molecule has 0 aliphatic carbocycles. The third-order valence-corrected chi connectivity index (χ3v) is 12.2. The highest BCUT2D eigenvalue weighted by molar-refractivity contribution is 7.47. The molecule has 0 aromatic heterocycles. The van der Waals surface area contributed by atoms with E-state index in [1.54, 1.807) is 6.08 Å². The summed E-state index contributed by atoms with van der Waals surface area (Å²) in [5.74, 6) is -0.227. The minimum absolute atomic E-state index is 0.198. The summed E-state index contributed by atoms with van der Waals surface area (Å²) in [5, 5.41) is 37.0. The first-order valence-corrected chi connectivity index (χ1v) is 26.4. The third kappa shape index (κ3) is 43.6. The second kappa shape index (κ2) is 45.1. The van der Waals surface area contributed by atoms with Crippen molar-refractivity contribution < 1.29 is 53.3 Å². The maximum atomic E-state index is 12.2. The van der Waals surface area contributed by atoms with Crippen LogP contribution in [0.25, 0.3) is 0 Å². The van der Waals surface area contributed by atoms with E-state index in [0.717, 1.165) is 44.9 Å². The molecule has 1 unspecified atom stereocenters. The number of aliphatic hydroxyl groups is 4. The molecule has 0 aliphatic heterocycles. The maximum Gasteiger partial charge on any atom is 0.472 e. The molecule has 360 valence electrons. The molecule has 0 bridgehead atoms. The van der Waals surface area contributed by atoms with E-state index in [2.05, 4.69) is 23.6 Å². The molecule has 4 atom stereocenters. The maximum absolute atomic E-state index is 12.2. The lowest BCUT2D eigenvalue weighted by Gasteiger charge is -2.21. The van der Waals surface area contributed by atoms with Gasteiger partial charge in [0, 0.05) is 12.8 Å². The number of esters is 1. The Morgan fingerprint density at radius 3 is 1.38 bits per heavy atom. The monoisotopic (exact) mass is 889 g/mol. The summed E-state index contributed by atoms with van der Waals surface area (Å²) in [6, 6.07) is 0. The molecule has 0 radical (unpaired) electrons. The van der Waals surface area contributed by atoms with Crippen molar-refractivity contribution in [3.05, 3.63) is 24.3 Å². The van der Waals surface area contributed by atoms with Crippen LogP contribution in [0.2, 0.25) is 0 Å². The Bertz CT molecular complexity index is 1080. The van der Waals surface area contributed by atoms with Gasteiger partial charge in [-0.3, -0.25) is 18.6 Å². The fraction of sp³-hybridized carbons (Fsp3) is 0.878. The van der Waals surface area contributed by atoms with Crippen molar-refractivity contribution in [1.82, 2.24) is 0 Å². The van der Waals surface area contributed by atoms with Crippen molar-refractivity contribution >= 4 is 19.6 Å². The zero-order valence-electron chi connectivity index (χ0n) is 38.8. The van der Waals surface area contributed by atoms with Gasteiger partial charge in [-0.2, -0.15) is 0 Å². The topological polar surface area (TPSA) is 180 Å². The Kier molecular flexibility index (Phi) is 44.1. The SMILES string of the molecule is CCCCCCCCCCCCCCCCC/C=C\CC/C=C\C(=O)CCCCCCCCCCCCCCCCCC(=O)OC[C@H](CO)OP(=O)(O)OC[C@@H](O)[C@H](O)CO.